The SMILES string of the molecule is CCC(C)CC(C)NC(=O)c1cscn1. The maximum Gasteiger partial charge on any atom is 0.270 e. The van der Waals surface area contributed by atoms with Gasteiger partial charge in [0.25, 0.3) is 5.91 Å². The third-order valence-corrected chi connectivity index (χ3v) is 3.08. The maximum absolute atomic E-state index is 11.6. The van der Waals surface area contributed by atoms with Gasteiger partial charge in [-0.1, -0.05) is 20.3 Å². The van der Waals surface area contributed by atoms with Gasteiger partial charge in [0.2, 0.25) is 0 Å². The van der Waals surface area contributed by atoms with Crippen LogP contribution in [-0.2, 0) is 0 Å². The van der Waals surface area contributed by atoms with E-state index in [4.69, 9.17) is 0 Å². The maximum atomic E-state index is 11.6. The number of nitrogens with one attached hydrogen (secondary N) is 1. The molecule has 0 aliphatic carbocycles. The molecule has 0 saturated carbocycles. The van der Waals surface area contributed by atoms with Crippen LogP contribution in [0.3, 0.4) is 0 Å². The summed E-state index contributed by atoms with van der Waals surface area (Å²) in [5.41, 5.74) is 2.20. The number of nitrogens with zero attached hydrogens (tertiary/aromatic N) is 1. The minimum Gasteiger partial charge on any atom is -0.348 e. The number of aromatic nitrogens is 1. The first-order valence-corrected chi connectivity index (χ1v) is 6.26. The fourth-order valence-corrected chi connectivity index (χ4v) is 1.98. The van der Waals surface area contributed by atoms with Gasteiger partial charge in [-0.05, 0) is 19.3 Å². The van der Waals surface area contributed by atoms with Crippen LogP contribution in [0, 0.1) is 5.92 Å². The summed E-state index contributed by atoms with van der Waals surface area (Å²) in [5.74, 6) is 0.586. The Hall–Kier alpha value is -0.900. The highest BCUT2D eigenvalue weighted by atomic mass is 32.1. The van der Waals surface area contributed by atoms with Crippen molar-refractivity contribution < 1.29 is 4.79 Å². The van der Waals surface area contributed by atoms with E-state index in [0.717, 1.165) is 12.8 Å². The van der Waals surface area contributed by atoms with Gasteiger partial charge in [-0.15, -0.1) is 11.3 Å². The zero-order valence-corrected chi connectivity index (χ0v) is 10.3. The molecule has 0 fully saturated rings. The van der Waals surface area contributed by atoms with Crippen molar-refractivity contribution in [2.24, 2.45) is 5.92 Å². The van der Waals surface area contributed by atoms with Gasteiger partial charge in [0.15, 0.2) is 0 Å². The molecule has 1 N–H and O–H groups in total. The molecule has 0 radical (unpaired) electrons. The van der Waals surface area contributed by atoms with Crippen molar-refractivity contribution in [3.8, 4) is 0 Å². The number of hydrogen-bond donors (Lipinski definition) is 1. The first-order valence-electron chi connectivity index (χ1n) is 5.32. The van der Waals surface area contributed by atoms with E-state index in [0.29, 0.717) is 11.6 Å². The minimum absolute atomic E-state index is 0.0629. The van der Waals surface area contributed by atoms with Crippen LogP contribution in [0.25, 0.3) is 0 Å². The van der Waals surface area contributed by atoms with Crippen LogP contribution in [0.5, 0.6) is 0 Å². The molecule has 1 aromatic rings. The lowest BCUT2D eigenvalue weighted by Crippen LogP contribution is -2.33. The highest BCUT2D eigenvalue weighted by Gasteiger charge is 2.12. The predicted octanol–water partition coefficient (Wildman–Crippen LogP) is 2.70. The number of hydrogen-bond acceptors (Lipinski definition) is 3. The second-order valence-corrected chi connectivity index (χ2v) is 4.72. The van der Waals surface area contributed by atoms with Crippen LogP contribution >= 0.6 is 11.3 Å². The van der Waals surface area contributed by atoms with E-state index < -0.39 is 0 Å². The normalized spacial score (nSPS) is 14.6. The van der Waals surface area contributed by atoms with Crippen LogP contribution < -0.4 is 5.32 Å². The Morgan fingerprint density at radius 3 is 2.87 bits per heavy atom. The molecule has 1 heterocycles. The fourth-order valence-electron chi connectivity index (χ4n) is 1.45. The number of amides is 1. The molecular weight excluding hydrogens is 208 g/mol. The Kier molecular flexibility index (Phi) is 4.75. The molecule has 1 aromatic heterocycles. The standard InChI is InChI=1S/C11H18N2OS/c1-4-8(2)5-9(3)13-11(14)10-6-15-7-12-10/h6-9H,4-5H2,1-3H3,(H,13,14). The first-order chi connectivity index (χ1) is 7.13. The van der Waals surface area contributed by atoms with E-state index >= 15 is 0 Å². The van der Waals surface area contributed by atoms with E-state index in [1.165, 1.54) is 11.3 Å². The van der Waals surface area contributed by atoms with E-state index in [1.807, 2.05) is 6.92 Å². The van der Waals surface area contributed by atoms with Crippen molar-refractivity contribution in [2.75, 3.05) is 0 Å². The lowest BCUT2D eigenvalue weighted by Gasteiger charge is -2.16. The zero-order valence-electron chi connectivity index (χ0n) is 9.49. The average Bonchev–Trinajstić information content (AvgIpc) is 2.70. The lowest BCUT2D eigenvalue weighted by atomic mass is 10.0. The molecule has 84 valence electrons. The molecule has 2 unspecified atom stereocenters. The van der Waals surface area contributed by atoms with Crippen LogP contribution in [0.1, 0.15) is 44.1 Å². The van der Waals surface area contributed by atoms with Gasteiger partial charge in [0.05, 0.1) is 5.51 Å². The summed E-state index contributed by atoms with van der Waals surface area (Å²) in [4.78, 5) is 15.6. The number of rotatable bonds is 5. The molecular formula is C11H18N2OS. The number of thiazole rings is 1. The quantitative estimate of drug-likeness (QED) is 0.838. The second kappa shape index (κ2) is 5.85. The van der Waals surface area contributed by atoms with Gasteiger partial charge in [-0.2, -0.15) is 0 Å². The predicted molar refractivity (Wildman–Crippen MR) is 63.1 cm³/mol. The molecule has 1 amide bonds. The van der Waals surface area contributed by atoms with Crippen LogP contribution in [-0.4, -0.2) is 16.9 Å². The Balaban J connectivity index is 2.38. The van der Waals surface area contributed by atoms with E-state index in [2.05, 4.69) is 24.1 Å². The van der Waals surface area contributed by atoms with Crippen molar-refractivity contribution in [3.05, 3.63) is 16.6 Å². The van der Waals surface area contributed by atoms with E-state index in [9.17, 15) is 4.79 Å². The van der Waals surface area contributed by atoms with Crippen molar-refractivity contribution in [2.45, 2.75) is 39.7 Å². The molecule has 0 aromatic carbocycles. The number of carbonyl (C=O) groups is 1. The highest BCUT2D eigenvalue weighted by Crippen LogP contribution is 2.10. The molecule has 15 heavy (non-hydrogen) atoms. The third kappa shape index (κ3) is 4.00. The van der Waals surface area contributed by atoms with Crippen molar-refractivity contribution in [1.82, 2.24) is 10.3 Å². The molecule has 0 aliphatic rings. The average molecular weight is 226 g/mol. The third-order valence-electron chi connectivity index (χ3n) is 2.50. The Bertz CT molecular complexity index is 298. The summed E-state index contributed by atoms with van der Waals surface area (Å²) >= 11 is 1.44. The molecule has 0 aliphatic heterocycles. The van der Waals surface area contributed by atoms with Gasteiger partial charge in [0.1, 0.15) is 5.69 Å². The van der Waals surface area contributed by atoms with Gasteiger partial charge >= 0.3 is 0 Å². The van der Waals surface area contributed by atoms with Crippen LogP contribution in [0.2, 0.25) is 0 Å². The monoisotopic (exact) mass is 226 g/mol. The van der Waals surface area contributed by atoms with Gasteiger partial charge in [-0.25, -0.2) is 4.98 Å². The van der Waals surface area contributed by atoms with Crippen molar-refractivity contribution in [1.29, 1.82) is 0 Å². The minimum atomic E-state index is -0.0629. The molecule has 0 bridgehead atoms. The second-order valence-electron chi connectivity index (χ2n) is 4.00. The van der Waals surface area contributed by atoms with Crippen LogP contribution in [0.15, 0.2) is 10.9 Å². The van der Waals surface area contributed by atoms with Crippen LogP contribution in [0.4, 0.5) is 0 Å². The molecule has 3 nitrogen and oxygen atoms in total. The Morgan fingerprint density at radius 2 is 2.33 bits per heavy atom. The van der Waals surface area contributed by atoms with E-state index in [-0.39, 0.29) is 11.9 Å². The Labute approximate surface area is 94.9 Å². The van der Waals surface area contributed by atoms with Gasteiger partial charge in [0, 0.05) is 11.4 Å². The largest absolute Gasteiger partial charge is 0.348 e. The molecule has 1 rings (SSSR count). The van der Waals surface area contributed by atoms with Crippen molar-refractivity contribution in [3.63, 3.8) is 0 Å². The summed E-state index contributed by atoms with van der Waals surface area (Å²) in [5, 5.41) is 4.72. The number of carbonyl (C=O) groups excluding carboxylic acids is 1. The summed E-state index contributed by atoms with van der Waals surface area (Å²) in [6, 6.07) is 0.217. The Morgan fingerprint density at radius 1 is 1.60 bits per heavy atom. The lowest BCUT2D eigenvalue weighted by molar-refractivity contribution is 0.0931. The fraction of sp³-hybridized carbons (Fsp3) is 0.636. The summed E-state index contributed by atoms with van der Waals surface area (Å²) < 4.78 is 0. The first kappa shape index (κ1) is 12.2. The smallest absolute Gasteiger partial charge is 0.270 e. The van der Waals surface area contributed by atoms with Crippen molar-refractivity contribution >= 4 is 17.2 Å². The molecule has 0 spiro atoms. The summed E-state index contributed by atoms with van der Waals surface area (Å²) in [6.45, 7) is 6.40. The topological polar surface area (TPSA) is 42.0 Å². The summed E-state index contributed by atoms with van der Waals surface area (Å²) in [7, 11) is 0. The van der Waals surface area contributed by atoms with E-state index in [1.54, 1.807) is 10.9 Å². The summed E-state index contributed by atoms with van der Waals surface area (Å²) in [6.07, 6.45) is 2.17. The molecule has 2 atom stereocenters. The van der Waals surface area contributed by atoms with Gasteiger partial charge < -0.3 is 5.32 Å². The zero-order chi connectivity index (χ0) is 11.3. The highest BCUT2D eigenvalue weighted by molar-refractivity contribution is 7.07. The van der Waals surface area contributed by atoms with Gasteiger partial charge in [-0.3, -0.25) is 4.79 Å². The molecule has 4 heteroatoms. The molecule has 0 saturated heterocycles.